The van der Waals surface area contributed by atoms with Crippen LogP contribution in [0.3, 0.4) is 0 Å². The molecule has 0 fully saturated rings. The first-order valence-electron chi connectivity index (χ1n) is 9.53. The predicted octanol–water partition coefficient (Wildman–Crippen LogP) is 4.72. The van der Waals surface area contributed by atoms with Gasteiger partial charge in [-0.05, 0) is 56.2 Å². The maximum atomic E-state index is 12.7. The average molecular weight is 384 g/mol. The zero-order valence-corrected chi connectivity index (χ0v) is 16.9. The fourth-order valence-electron chi connectivity index (χ4n) is 2.64. The van der Waals surface area contributed by atoms with Gasteiger partial charge in [0.1, 0.15) is 11.5 Å². The molecule has 0 saturated carbocycles. The normalized spacial score (nSPS) is 10.5. The molecule has 6 heteroatoms. The summed E-state index contributed by atoms with van der Waals surface area (Å²) in [6.07, 6.45) is 0.469. The zero-order valence-electron chi connectivity index (χ0n) is 16.9. The maximum Gasteiger partial charge on any atom is 0.259 e. The minimum Gasteiger partial charge on any atom is -0.494 e. The number of hydrogen-bond donors (Lipinski definition) is 2. The molecule has 0 aliphatic rings. The minimum absolute atomic E-state index is 0.0254. The van der Waals surface area contributed by atoms with Crippen molar-refractivity contribution in [3.8, 4) is 11.5 Å². The van der Waals surface area contributed by atoms with Crippen LogP contribution in [0.4, 0.5) is 11.4 Å². The Kier molecular flexibility index (Phi) is 7.87. The van der Waals surface area contributed by atoms with E-state index in [-0.39, 0.29) is 11.8 Å². The molecule has 0 aliphatic carbocycles. The van der Waals surface area contributed by atoms with Crippen molar-refractivity contribution < 1.29 is 19.1 Å². The largest absolute Gasteiger partial charge is 0.494 e. The van der Waals surface area contributed by atoms with Gasteiger partial charge in [-0.25, -0.2) is 0 Å². The molecule has 0 aromatic heterocycles. The highest BCUT2D eigenvalue weighted by atomic mass is 16.5. The molecule has 6 nitrogen and oxygen atoms in total. The molecular formula is C22H28N2O4. The lowest BCUT2D eigenvalue weighted by Crippen LogP contribution is -2.15. The second-order valence-corrected chi connectivity index (χ2v) is 6.70. The van der Waals surface area contributed by atoms with Crippen LogP contribution in [0.1, 0.15) is 44.5 Å². The van der Waals surface area contributed by atoms with Crippen LogP contribution in [0.5, 0.6) is 11.5 Å². The molecular weight excluding hydrogens is 356 g/mol. The number of rotatable bonds is 9. The number of carbonyl (C=O) groups is 2. The van der Waals surface area contributed by atoms with Crippen LogP contribution >= 0.6 is 0 Å². The third-order valence-corrected chi connectivity index (χ3v) is 3.83. The Labute approximate surface area is 166 Å². The van der Waals surface area contributed by atoms with Crippen LogP contribution in [0.15, 0.2) is 42.5 Å². The first-order chi connectivity index (χ1) is 13.4. The second kappa shape index (κ2) is 10.3. The summed E-state index contributed by atoms with van der Waals surface area (Å²) < 4.78 is 11.1. The molecule has 0 heterocycles. The lowest BCUT2D eigenvalue weighted by molar-refractivity contribution is -0.116. The molecule has 0 bridgehead atoms. The maximum absolute atomic E-state index is 12.7. The Bertz CT molecular complexity index is 801. The first kappa shape index (κ1) is 21.3. The van der Waals surface area contributed by atoms with Crippen molar-refractivity contribution in [2.75, 3.05) is 23.8 Å². The average Bonchev–Trinajstić information content (AvgIpc) is 2.63. The van der Waals surface area contributed by atoms with E-state index in [4.69, 9.17) is 9.47 Å². The van der Waals surface area contributed by atoms with Crippen molar-refractivity contribution in [3.63, 3.8) is 0 Å². The number of anilines is 2. The third-order valence-electron chi connectivity index (χ3n) is 3.83. The molecule has 2 aromatic carbocycles. The Hall–Kier alpha value is -3.02. The monoisotopic (exact) mass is 384 g/mol. The van der Waals surface area contributed by atoms with E-state index in [9.17, 15) is 9.59 Å². The summed E-state index contributed by atoms with van der Waals surface area (Å²) in [5.74, 6) is 1.13. The highest BCUT2D eigenvalue weighted by molar-refractivity contribution is 6.06. The van der Waals surface area contributed by atoms with Crippen molar-refractivity contribution in [2.24, 2.45) is 5.92 Å². The van der Waals surface area contributed by atoms with Crippen LogP contribution in [0.25, 0.3) is 0 Å². The molecule has 0 atom stereocenters. The molecule has 150 valence electrons. The molecule has 0 spiro atoms. The quantitative estimate of drug-likeness (QED) is 0.656. The summed E-state index contributed by atoms with van der Waals surface area (Å²) in [7, 11) is 0. The Morgan fingerprint density at radius 1 is 0.893 bits per heavy atom. The van der Waals surface area contributed by atoms with Gasteiger partial charge in [-0.2, -0.15) is 0 Å². The molecule has 0 radical (unpaired) electrons. The van der Waals surface area contributed by atoms with Gasteiger partial charge in [0.15, 0.2) is 0 Å². The summed E-state index contributed by atoms with van der Waals surface area (Å²) in [6, 6.07) is 12.2. The number of hydrogen-bond acceptors (Lipinski definition) is 4. The van der Waals surface area contributed by atoms with E-state index < -0.39 is 0 Å². The van der Waals surface area contributed by atoms with Gasteiger partial charge >= 0.3 is 0 Å². The van der Waals surface area contributed by atoms with Crippen molar-refractivity contribution >= 4 is 23.2 Å². The Morgan fingerprint density at radius 3 is 2.07 bits per heavy atom. The van der Waals surface area contributed by atoms with E-state index in [1.807, 2.05) is 27.7 Å². The smallest absolute Gasteiger partial charge is 0.259 e. The van der Waals surface area contributed by atoms with Crippen LogP contribution in [-0.2, 0) is 4.79 Å². The molecule has 0 unspecified atom stereocenters. The molecule has 2 aromatic rings. The number of nitrogens with one attached hydrogen (secondary N) is 2. The number of benzene rings is 2. The third kappa shape index (κ3) is 6.30. The summed E-state index contributed by atoms with van der Waals surface area (Å²) in [5.41, 5.74) is 1.75. The first-order valence-corrected chi connectivity index (χ1v) is 9.53. The fourth-order valence-corrected chi connectivity index (χ4v) is 2.64. The molecule has 2 rings (SSSR count). The van der Waals surface area contributed by atoms with E-state index in [0.717, 1.165) is 0 Å². The predicted molar refractivity (Wildman–Crippen MR) is 111 cm³/mol. The van der Waals surface area contributed by atoms with Crippen LogP contribution in [0.2, 0.25) is 0 Å². The summed E-state index contributed by atoms with van der Waals surface area (Å²) >= 11 is 0. The van der Waals surface area contributed by atoms with Gasteiger partial charge in [0.05, 0.1) is 18.8 Å². The fraction of sp³-hybridized carbons (Fsp3) is 0.364. The van der Waals surface area contributed by atoms with Gasteiger partial charge in [0.25, 0.3) is 5.91 Å². The van der Waals surface area contributed by atoms with Gasteiger partial charge in [-0.15, -0.1) is 0 Å². The molecule has 0 saturated heterocycles. The molecule has 2 N–H and O–H groups in total. The van der Waals surface area contributed by atoms with Crippen molar-refractivity contribution in [2.45, 2.75) is 34.1 Å². The van der Waals surface area contributed by atoms with E-state index in [1.54, 1.807) is 42.5 Å². The SMILES string of the molecule is CCOc1ccc(C(=O)Nc2ccc(NC(=O)CC(C)C)cc2)c(OCC)c1. The van der Waals surface area contributed by atoms with Crippen LogP contribution in [0, 0.1) is 5.92 Å². The van der Waals surface area contributed by atoms with E-state index in [0.29, 0.717) is 54.0 Å². The summed E-state index contributed by atoms with van der Waals surface area (Å²) in [4.78, 5) is 24.5. The van der Waals surface area contributed by atoms with Gasteiger partial charge in [0, 0.05) is 23.9 Å². The summed E-state index contributed by atoms with van der Waals surface area (Å²) in [6.45, 7) is 8.74. The van der Waals surface area contributed by atoms with Gasteiger partial charge in [-0.3, -0.25) is 9.59 Å². The highest BCUT2D eigenvalue weighted by Gasteiger charge is 2.14. The molecule has 28 heavy (non-hydrogen) atoms. The zero-order chi connectivity index (χ0) is 20.5. The second-order valence-electron chi connectivity index (χ2n) is 6.70. The minimum atomic E-state index is -0.275. The Morgan fingerprint density at radius 2 is 1.50 bits per heavy atom. The number of ether oxygens (including phenoxy) is 2. The van der Waals surface area contributed by atoms with E-state index >= 15 is 0 Å². The van der Waals surface area contributed by atoms with Crippen molar-refractivity contribution in [1.82, 2.24) is 0 Å². The van der Waals surface area contributed by atoms with E-state index in [1.165, 1.54) is 0 Å². The van der Waals surface area contributed by atoms with Gasteiger partial charge in [0.2, 0.25) is 5.91 Å². The topological polar surface area (TPSA) is 76.7 Å². The standard InChI is InChI=1S/C22H28N2O4/c1-5-27-18-11-12-19(20(14-18)28-6-2)22(26)24-17-9-7-16(8-10-17)23-21(25)13-15(3)4/h7-12,14-15H,5-6,13H2,1-4H3,(H,23,25)(H,24,26). The molecule has 0 aliphatic heterocycles. The van der Waals surface area contributed by atoms with Crippen molar-refractivity contribution in [3.05, 3.63) is 48.0 Å². The van der Waals surface area contributed by atoms with Gasteiger partial charge < -0.3 is 20.1 Å². The summed E-state index contributed by atoms with van der Waals surface area (Å²) in [5, 5.41) is 5.69. The molecule has 2 amide bonds. The highest BCUT2D eigenvalue weighted by Crippen LogP contribution is 2.26. The lowest BCUT2D eigenvalue weighted by atomic mass is 10.1. The van der Waals surface area contributed by atoms with E-state index in [2.05, 4.69) is 10.6 Å². The number of amides is 2. The lowest BCUT2D eigenvalue weighted by Gasteiger charge is -2.13. The Balaban J connectivity index is 2.07. The van der Waals surface area contributed by atoms with Gasteiger partial charge in [-0.1, -0.05) is 13.8 Å². The van der Waals surface area contributed by atoms with Crippen molar-refractivity contribution in [1.29, 1.82) is 0 Å². The number of carbonyl (C=O) groups excluding carboxylic acids is 2. The van der Waals surface area contributed by atoms with Crippen LogP contribution < -0.4 is 20.1 Å². The van der Waals surface area contributed by atoms with Crippen LogP contribution in [-0.4, -0.2) is 25.0 Å².